The van der Waals surface area contributed by atoms with Crippen molar-refractivity contribution in [3.05, 3.63) is 180 Å². The van der Waals surface area contributed by atoms with E-state index in [0.717, 1.165) is 109 Å². The summed E-state index contributed by atoms with van der Waals surface area (Å²) in [6, 6.07) is 51.8. The minimum Gasteiger partial charge on any atom is -0.497 e. The molecule has 0 aromatic heterocycles. The molecule has 0 spiro atoms. The Hall–Kier alpha value is -6.19. The van der Waals surface area contributed by atoms with E-state index in [1.165, 1.54) is 0 Å². The Bertz CT molecular complexity index is 3000. The number of unbranched alkanes of at least 4 members (excludes halogenated alkanes) is 8. The van der Waals surface area contributed by atoms with Crippen LogP contribution in [0.2, 0.25) is 5.04 Å². The lowest BCUT2D eigenvalue weighted by Gasteiger charge is -2.52. The normalized spacial score (nSPS) is 22.0. The summed E-state index contributed by atoms with van der Waals surface area (Å²) in [5, 5.41) is 24.3. The Kier molecular flexibility index (Phi) is 29.1. The molecule has 2 heterocycles. The Labute approximate surface area is 553 Å². The second kappa shape index (κ2) is 37.2. The van der Waals surface area contributed by atoms with Gasteiger partial charge >= 0.3 is 5.97 Å². The minimum absolute atomic E-state index is 0.0867. The first-order valence-corrected chi connectivity index (χ1v) is 35.3. The highest BCUT2D eigenvalue weighted by atomic mass is 28.4. The summed E-state index contributed by atoms with van der Waals surface area (Å²) in [6.07, 6.45) is 0.893. The zero-order chi connectivity index (χ0) is 66.0. The van der Waals surface area contributed by atoms with E-state index in [-0.39, 0.29) is 45.6 Å². The predicted octanol–water partition coefficient (Wildman–Crippen LogP) is 13.7. The molecule has 0 unspecified atom stereocenters. The van der Waals surface area contributed by atoms with E-state index in [9.17, 15) is 15.0 Å². The molecule has 11 atom stereocenters. The Morgan fingerprint density at radius 1 is 0.505 bits per heavy atom. The fourth-order valence-corrected chi connectivity index (χ4v) is 17.3. The number of hydrogen-bond donors (Lipinski definition) is 2. The highest BCUT2D eigenvalue weighted by Gasteiger charge is 2.58. The van der Waals surface area contributed by atoms with E-state index < -0.39 is 80.7 Å². The van der Waals surface area contributed by atoms with E-state index in [2.05, 4.69) is 76.2 Å². The highest BCUT2D eigenvalue weighted by Crippen LogP contribution is 2.42. The van der Waals surface area contributed by atoms with Crippen molar-refractivity contribution in [3.63, 3.8) is 0 Å². The maximum atomic E-state index is 13.4. The summed E-state index contributed by atoms with van der Waals surface area (Å²) in [4.78, 5) is 11.2. The molecule has 6 aromatic rings. The smallest absolute Gasteiger partial charge is 0.303 e. The van der Waals surface area contributed by atoms with Crippen molar-refractivity contribution in [3.8, 4) is 23.0 Å². The first-order chi connectivity index (χ1) is 45.2. The van der Waals surface area contributed by atoms with Gasteiger partial charge in [-0.2, -0.15) is 0 Å². The first-order valence-electron chi connectivity index (χ1n) is 33.4. The van der Waals surface area contributed by atoms with Crippen molar-refractivity contribution >= 4 is 24.7 Å². The van der Waals surface area contributed by atoms with Crippen LogP contribution >= 0.6 is 0 Å². The highest BCUT2D eigenvalue weighted by molar-refractivity contribution is 6.99. The van der Waals surface area contributed by atoms with Crippen molar-refractivity contribution in [1.29, 1.82) is 0 Å². The van der Waals surface area contributed by atoms with Gasteiger partial charge < -0.3 is 71.5 Å². The van der Waals surface area contributed by atoms with Crippen molar-refractivity contribution in [2.24, 2.45) is 0 Å². The molecular weight excluding hydrogens is 1200 g/mol. The summed E-state index contributed by atoms with van der Waals surface area (Å²) in [7, 11) is 3.24. The molecule has 2 N–H and O–H groups in total. The number of benzene rings is 6. The third kappa shape index (κ3) is 20.9. The summed E-state index contributed by atoms with van der Waals surface area (Å²) in [6.45, 7) is 11.6. The zero-order valence-corrected chi connectivity index (χ0v) is 57.2. The van der Waals surface area contributed by atoms with E-state index >= 15 is 0 Å². The summed E-state index contributed by atoms with van der Waals surface area (Å²) in [5.74, 6) is 2.12. The van der Waals surface area contributed by atoms with Crippen LogP contribution in [0.5, 0.6) is 23.0 Å². The molecule has 506 valence electrons. The summed E-state index contributed by atoms with van der Waals surface area (Å²) >= 11 is 0. The summed E-state index contributed by atoms with van der Waals surface area (Å²) < 4.78 is 87.7. The second-order valence-electron chi connectivity index (χ2n) is 25.5. The quantitative estimate of drug-likeness (QED) is 0.0275. The van der Waals surface area contributed by atoms with Crippen molar-refractivity contribution in [2.45, 2.75) is 217 Å². The SMILES string of the molecule is CCCCC[C@@H](CCCCCCCCCC(=O)O)O[C@@H]1O[C@H](COCc2ccc(OC)cc2)[C@@H](OCc2ccc(OC)cc2)[C@H](OCc2ccc(OC)cc2)[C@H]1O[C@@H]1O[C@@H](C)[C@H](O[Si](c2ccccc2)(c2ccccc2)C(C)(C)C)[C@@H](OCc2ccc(OC)cc2)[C@H]1O. The molecule has 2 aliphatic heterocycles. The average molecular weight is 1300 g/mol. The number of rotatable bonds is 39. The van der Waals surface area contributed by atoms with Gasteiger partial charge in [0, 0.05) is 6.42 Å². The molecule has 6 aromatic carbocycles. The van der Waals surface area contributed by atoms with Crippen molar-refractivity contribution in [1.82, 2.24) is 0 Å². The number of carboxylic acid groups (broad SMARTS) is 1. The molecule has 2 saturated heterocycles. The number of aliphatic carboxylic acids is 1. The lowest BCUT2D eigenvalue weighted by Crippen LogP contribution is -2.72. The van der Waals surface area contributed by atoms with Crippen LogP contribution in [0.1, 0.15) is 140 Å². The Balaban J connectivity index is 1.21. The third-order valence-corrected chi connectivity index (χ3v) is 22.8. The van der Waals surface area contributed by atoms with Crippen LogP contribution in [0.4, 0.5) is 0 Å². The van der Waals surface area contributed by atoms with Gasteiger partial charge in [-0.25, -0.2) is 0 Å². The molecular formula is C76H102O16Si. The largest absolute Gasteiger partial charge is 0.497 e. The van der Waals surface area contributed by atoms with Crippen LogP contribution in [0, 0.1) is 0 Å². The molecule has 17 heteroatoms. The van der Waals surface area contributed by atoms with Gasteiger partial charge in [0.2, 0.25) is 0 Å². The fraction of sp³-hybridized carbons (Fsp3) is 0.513. The van der Waals surface area contributed by atoms with Gasteiger partial charge in [-0.15, -0.1) is 0 Å². The molecule has 2 aliphatic rings. The van der Waals surface area contributed by atoms with Crippen LogP contribution in [-0.4, -0.2) is 127 Å². The predicted molar refractivity (Wildman–Crippen MR) is 362 cm³/mol. The van der Waals surface area contributed by atoms with Gasteiger partial charge in [-0.3, -0.25) is 4.79 Å². The second-order valence-corrected chi connectivity index (χ2v) is 29.7. The van der Waals surface area contributed by atoms with Crippen LogP contribution in [-0.2, 0) is 73.5 Å². The topological polar surface area (TPSA) is 178 Å². The first kappa shape index (κ1) is 72.6. The van der Waals surface area contributed by atoms with Crippen LogP contribution in [0.25, 0.3) is 0 Å². The number of ether oxygens (including phenoxy) is 12. The van der Waals surface area contributed by atoms with Crippen LogP contribution < -0.4 is 29.3 Å². The fourth-order valence-electron chi connectivity index (χ4n) is 12.5. The van der Waals surface area contributed by atoms with Gasteiger partial charge in [0.25, 0.3) is 8.32 Å². The molecule has 16 nitrogen and oxygen atoms in total. The van der Waals surface area contributed by atoms with Gasteiger partial charge in [0.05, 0.1) is 73.7 Å². The van der Waals surface area contributed by atoms with Gasteiger partial charge in [0.1, 0.15) is 65.7 Å². The number of aliphatic hydroxyl groups is 1. The van der Waals surface area contributed by atoms with Crippen LogP contribution in [0.15, 0.2) is 158 Å². The average Bonchev–Trinajstić information content (AvgIpc) is 0.753. The minimum atomic E-state index is -3.32. The molecule has 2 fully saturated rings. The summed E-state index contributed by atoms with van der Waals surface area (Å²) in [5.41, 5.74) is 3.57. The van der Waals surface area contributed by atoms with Gasteiger partial charge in [-0.1, -0.05) is 195 Å². The number of carbonyl (C=O) groups is 1. The standard InChI is InChI=1S/C76H102O16Si/c1-10-11-19-26-63(27-20-15-13-12-14-16-25-32-67(77)78)89-75-73(72(87-52-58-39-47-62(83-9)48-40-58)70(85-50-56-35-43-60(81-7)44-36-56)66(90-75)53-84-49-55-33-41-59(80-6)42-34-55)91-74-68(79)71(86-51-57-37-45-61(82-8)46-38-57)69(54(2)88-74)92-93(76(3,4)5,64-28-21-17-22-29-64)65-30-23-18-24-31-65/h17-18,21-24,28-31,33-48,54,63,66,68-75,79H,10-16,19-20,25-27,32,49-53H2,1-9H3,(H,77,78)/t54-,63-,66+,68+,69-,70+,71-,72-,73+,74-,75+/m0/s1. The molecule has 0 bridgehead atoms. The molecule has 93 heavy (non-hydrogen) atoms. The number of hydrogen-bond acceptors (Lipinski definition) is 15. The number of aliphatic hydroxyl groups excluding tert-OH is 1. The van der Waals surface area contributed by atoms with Crippen molar-refractivity contribution < 1.29 is 76.3 Å². The van der Waals surface area contributed by atoms with E-state index in [1.54, 1.807) is 28.4 Å². The molecule has 0 radical (unpaired) electrons. The van der Waals surface area contributed by atoms with Gasteiger partial charge in [0.15, 0.2) is 12.6 Å². The zero-order valence-electron chi connectivity index (χ0n) is 56.2. The Morgan fingerprint density at radius 2 is 0.935 bits per heavy atom. The maximum Gasteiger partial charge on any atom is 0.303 e. The lowest BCUT2D eigenvalue weighted by atomic mass is 9.96. The number of carboxylic acids is 1. The third-order valence-electron chi connectivity index (χ3n) is 17.8. The maximum absolute atomic E-state index is 13.4. The van der Waals surface area contributed by atoms with E-state index in [4.69, 9.17) is 61.3 Å². The van der Waals surface area contributed by atoms with Crippen LogP contribution in [0.3, 0.4) is 0 Å². The monoisotopic (exact) mass is 1300 g/mol. The molecule has 0 saturated carbocycles. The van der Waals surface area contributed by atoms with Gasteiger partial charge in [-0.05, 0) is 112 Å². The lowest BCUT2D eigenvalue weighted by molar-refractivity contribution is -0.378. The Morgan fingerprint density at radius 3 is 1.39 bits per heavy atom. The molecule has 0 aliphatic carbocycles. The number of methoxy groups -OCH3 is 4. The van der Waals surface area contributed by atoms with Crippen molar-refractivity contribution in [2.75, 3.05) is 35.0 Å². The van der Waals surface area contributed by atoms with E-state index in [0.29, 0.717) is 23.7 Å². The molecule has 0 amide bonds. The van der Waals surface area contributed by atoms with E-state index in [1.807, 2.05) is 116 Å². The molecule has 8 rings (SSSR count).